The van der Waals surface area contributed by atoms with Crippen molar-refractivity contribution in [3.63, 3.8) is 0 Å². The maximum atomic E-state index is 2.36. The number of rotatable bonds is 7. The normalized spacial score (nSPS) is 10.1. The van der Waals surface area contributed by atoms with Crippen LogP contribution >= 0.6 is 7.92 Å². The minimum absolute atomic E-state index is 0.124. The molecule has 1 atom stereocenters. The van der Waals surface area contributed by atoms with Gasteiger partial charge in [0.05, 0.1) is 0 Å². The molecule has 0 radical (unpaired) electrons. The van der Waals surface area contributed by atoms with Gasteiger partial charge < -0.3 is 0 Å². The highest BCUT2D eigenvalue weighted by Gasteiger charge is 2.00. The quantitative estimate of drug-likeness (QED) is 0.438. The lowest BCUT2D eigenvalue weighted by atomic mass is 10.3. The number of hydrogen-bond acceptors (Lipinski definition) is 0. The summed E-state index contributed by atoms with van der Waals surface area (Å²) in [5.74, 6) is 0. The summed E-state index contributed by atoms with van der Waals surface area (Å²) in [6.45, 7) is 17.5. The number of hydrogen-bond donors (Lipinski definition) is 0. The van der Waals surface area contributed by atoms with E-state index in [0.717, 1.165) is 0 Å². The zero-order valence-electron chi connectivity index (χ0n) is 17.5. The maximum Gasteiger partial charge on any atom is -0.0243 e. The standard InChI is InChI=1S/C10H15P.2C5H12.C2H6/c1-3-9-11(2)10-7-5-4-6-8-10;2*1-3-5-4-2;1-2/h4-8H,3,9H2,1-2H3;2*3-5H2,1-2H3;1-2H3. The van der Waals surface area contributed by atoms with Crippen LogP contribution in [0.5, 0.6) is 0 Å². The van der Waals surface area contributed by atoms with Gasteiger partial charge in [-0.2, -0.15) is 0 Å². The molecule has 1 aromatic carbocycles. The van der Waals surface area contributed by atoms with E-state index >= 15 is 0 Å². The van der Waals surface area contributed by atoms with Gasteiger partial charge in [0.2, 0.25) is 0 Å². The van der Waals surface area contributed by atoms with Crippen LogP contribution in [0.1, 0.15) is 93.4 Å². The summed E-state index contributed by atoms with van der Waals surface area (Å²) in [6.07, 6.45) is 10.8. The molecular weight excluding hydrogens is 295 g/mol. The monoisotopic (exact) mass is 340 g/mol. The van der Waals surface area contributed by atoms with Gasteiger partial charge in [0, 0.05) is 0 Å². The lowest BCUT2D eigenvalue weighted by Gasteiger charge is -2.09. The van der Waals surface area contributed by atoms with Crippen LogP contribution in [0.2, 0.25) is 0 Å². The van der Waals surface area contributed by atoms with E-state index in [9.17, 15) is 0 Å². The number of benzene rings is 1. The predicted molar refractivity (Wildman–Crippen MR) is 116 cm³/mol. The first kappa shape index (κ1) is 27.5. The van der Waals surface area contributed by atoms with E-state index in [0.29, 0.717) is 0 Å². The second kappa shape index (κ2) is 26.5. The molecule has 0 amide bonds. The van der Waals surface area contributed by atoms with E-state index in [-0.39, 0.29) is 7.92 Å². The molecule has 0 aliphatic carbocycles. The Morgan fingerprint density at radius 2 is 1.04 bits per heavy atom. The van der Waals surface area contributed by atoms with E-state index in [1.807, 2.05) is 13.8 Å². The summed E-state index contributed by atoms with van der Waals surface area (Å²) in [4.78, 5) is 0. The molecule has 0 aliphatic rings. The maximum absolute atomic E-state index is 2.36. The van der Waals surface area contributed by atoms with Crippen LogP contribution in [0, 0.1) is 0 Å². The first-order valence-electron chi connectivity index (χ1n) is 9.93. The Morgan fingerprint density at radius 1 is 0.652 bits per heavy atom. The Kier molecular flexibility index (Phi) is 31.7. The smallest absolute Gasteiger partial charge is 0.0243 e. The SMILES string of the molecule is CC.CCCCC.CCCCC.CCCP(C)c1ccccc1. The average molecular weight is 341 g/mol. The first-order chi connectivity index (χ1) is 11.2. The highest BCUT2D eigenvalue weighted by atomic mass is 31.1. The molecule has 0 N–H and O–H groups in total. The van der Waals surface area contributed by atoms with Crippen LogP contribution in [-0.4, -0.2) is 12.8 Å². The van der Waals surface area contributed by atoms with Gasteiger partial charge in [0.15, 0.2) is 0 Å². The molecule has 0 nitrogen and oxygen atoms in total. The van der Waals surface area contributed by atoms with Crippen molar-refractivity contribution >= 4 is 13.2 Å². The molecular formula is C22H45P. The van der Waals surface area contributed by atoms with Gasteiger partial charge in [0.1, 0.15) is 0 Å². The van der Waals surface area contributed by atoms with Crippen LogP contribution in [-0.2, 0) is 0 Å². The number of unbranched alkanes of at least 4 members (excludes halogenated alkanes) is 4. The van der Waals surface area contributed by atoms with Gasteiger partial charge in [-0.05, 0) is 18.1 Å². The fourth-order valence-electron chi connectivity index (χ4n) is 1.85. The molecule has 1 unspecified atom stereocenters. The minimum atomic E-state index is 0.124. The Bertz CT molecular complexity index is 259. The Labute approximate surface area is 150 Å². The van der Waals surface area contributed by atoms with Crippen molar-refractivity contribution in [2.45, 2.75) is 93.4 Å². The second-order valence-corrected chi connectivity index (χ2v) is 7.82. The fraction of sp³-hybridized carbons (Fsp3) is 0.727. The van der Waals surface area contributed by atoms with Crippen LogP contribution < -0.4 is 5.30 Å². The van der Waals surface area contributed by atoms with Crippen molar-refractivity contribution < 1.29 is 0 Å². The lowest BCUT2D eigenvalue weighted by molar-refractivity contribution is 0.772. The highest BCUT2D eigenvalue weighted by molar-refractivity contribution is 7.64. The first-order valence-corrected chi connectivity index (χ1v) is 11.9. The molecule has 0 aromatic heterocycles. The van der Waals surface area contributed by atoms with Gasteiger partial charge in [0.25, 0.3) is 0 Å². The summed E-state index contributed by atoms with van der Waals surface area (Å²) in [5, 5.41) is 1.53. The van der Waals surface area contributed by atoms with Crippen molar-refractivity contribution in [1.29, 1.82) is 0 Å². The Balaban J connectivity index is -0.000000282. The van der Waals surface area contributed by atoms with E-state index in [1.165, 1.54) is 56.4 Å². The highest BCUT2D eigenvalue weighted by Crippen LogP contribution is 2.29. The molecule has 1 aromatic rings. The largest absolute Gasteiger partial charge is 0.0785 e. The zero-order valence-corrected chi connectivity index (χ0v) is 18.4. The summed E-state index contributed by atoms with van der Waals surface area (Å²) in [7, 11) is 0.124. The van der Waals surface area contributed by atoms with Crippen LogP contribution in [0.25, 0.3) is 0 Å². The molecule has 0 heterocycles. The van der Waals surface area contributed by atoms with E-state index < -0.39 is 0 Å². The summed E-state index contributed by atoms with van der Waals surface area (Å²) in [6, 6.07) is 10.8. The third-order valence-corrected chi connectivity index (χ3v) is 5.47. The van der Waals surface area contributed by atoms with Crippen molar-refractivity contribution in [3.05, 3.63) is 30.3 Å². The third kappa shape index (κ3) is 24.0. The molecule has 0 spiro atoms. The van der Waals surface area contributed by atoms with E-state index in [4.69, 9.17) is 0 Å². The van der Waals surface area contributed by atoms with Crippen LogP contribution in [0.15, 0.2) is 30.3 Å². The van der Waals surface area contributed by atoms with Gasteiger partial charge in [-0.15, -0.1) is 0 Å². The molecule has 0 fully saturated rings. The predicted octanol–water partition coefficient (Wildman–Crippen LogP) is 8.25. The van der Waals surface area contributed by atoms with Gasteiger partial charge >= 0.3 is 0 Å². The second-order valence-electron chi connectivity index (χ2n) is 5.46. The Hall–Kier alpha value is -0.350. The van der Waals surface area contributed by atoms with E-state index in [2.05, 4.69) is 71.6 Å². The van der Waals surface area contributed by atoms with Crippen LogP contribution in [0.4, 0.5) is 0 Å². The van der Waals surface area contributed by atoms with Crippen molar-refractivity contribution in [3.8, 4) is 0 Å². The average Bonchev–Trinajstić information content (AvgIpc) is 2.60. The molecule has 0 saturated heterocycles. The summed E-state index contributed by atoms with van der Waals surface area (Å²) < 4.78 is 0. The molecule has 23 heavy (non-hydrogen) atoms. The molecule has 1 heteroatoms. The van der Waals surface area contributed by atoms with E-state index in [1.54, 1.807) is 0 Å². The molecule has 138 valence electrons. The zero-order chi connectivity index (χ0) is 18.3. The molecule has 0 bridgehead atoms. The molecule has 0 saturated carbocycles. The van der Waals surface area contributed by atoms with Gasteiger partial charge in [-0.25, -0.2) is 0 Å². The van der Waals surface area contributed by atoms with Crippen LogP contribution in [0.3, 0.4) is 0 Å². The van der Waals surface area contributed by atoms with Crippen molar-refractivity contribution in [2.24, 2.45) is 0 Å². The summed E-state index contributed by atoms with van der Waals surface area (Å²) in [5.41, 5.74) is 0. The minimum Gasteiger partial charge on any atom is -0.0785 e. The van der Waals surface area contributed by atoms with Crippen molar-refractivity contribution in [1.82, 2.24) is 0 Å². The summed E-state index contributed by atoms with van der Waals surface area (Å²) >= 11 is 0. The third-order valence-electron chi connectivity index (χ3n) is 3.17. The molecule has 0 aliphatic heterocycles. The Morgan fingerprint density at radius 3 is 1.30 bits per heavy atom. The van der Waals surface area contributed by atoms with Crippen molar-refractivity contribution in [2.75, 3.05) is 12.8 Å². The fourth-order valence-corrected chi connectivity index (χ4v) is 3.46. The lowest BCUT2D eigenvalue weighted by Crippen LogP contribution is -2.00. The van der Waals surface area contributed by atoms with Gasteiger partial charge in [-0.1, -0.05) is 132 Å². The molecule has 1 rings (SSSR count). The van der Waals surface area contributed by atoms with Gasteiger partial charge in [-0.3, -0.25) is 0 Å². The topological polar surface area (TPSA) is 0 Å².